The molecule has 1 atom stereocenters. The molecule has 0 spiro atoms. The highest BCUT2D eigenvalue weighted by atomic mass is 16.5. The summed E-state index contributed by atoms with van der Waals surface area (Å²) in [6, 6.07) is 0. The first-order chi connectivity index (χ1) is 4.33. The van der Waals surface area contributed by atoms with Gasteiger partial charge in [-0.2, -0.15) is 0 Å². The Balaban J connectivity index is 2.65. The summed E-state index contributed by atoms with van der Waals surface area (Å²) in [7, 11) is 0. The maximum Gasteiger partial charge on any atom is 0.228 e. The van der Waals surface area contributed by atoms with Crippen molar-refractivity contribution in [3.8, 4) is 0 Å². The molecule has 0 aliphatic carbocycles. The Morgan fingerprint density at radius 2 is 2.56 bits per heavy atom. The molecule has 4 nitrogen and oxygen atoms in total. The molecule has 0 radical (unpaired) electrons. The van der Waals surface area contributed by atoms with Crippen LogP contribution in [0.2, 0.25) is 0 Å². The Kier molecular flexibility index (Phi) is 1.48. The summed E-state index contributed by atoms with van der Waals surface area (Å²) >= 11 is 0. The molecular weight excluding hydrogens is 118 g/mol. The normalized spacial score (nSPS) is 24.4. The van der Waals surface area contributed by atoms with Crippen LogP contribution in [0.4, 0.5) is 0 Å². The molecule has 3 N–H and O–H groups in total. The standard InChI is InChI=1S/C5H7N3O/c6-4-1-2-9-5(3-4)8-7/h1-3,5,7H,6H2. The Morgan fingerprint density at radius 3 is 3.00 bits per heavy atom. The van der Waals surface area contributed by atoms with E-state index in [4.69, 9.17) is 16.0 Å². The quantitative estimate of drug-likeness (QED) is 0.507. The molecule has 1 aliphatic heterocycles. The smallest absolute Gasteiger partial charge is 0.228 e. The maximum absolute atomic E-state index is 6.55. The lowest BCUT2D eigenvalue weighted by atomic mass is 10.3. The number of rotatable bonds is 1. The van der Waals surface area contributed by atoms with Crippen molar-refractivity contribution in [2.24, 2.45) is 10.8 Å². The summed E-state index contributed by atoms with van der Waals surface area (Å²) in [4.78, 5) is 0. The first-order valence-corrected chi connectivity index (χ1v) is 2.49. The van der Waals surface area contributed by atoms with Crippen LogP contribution in [0, 0.1) is 5.53 Å². The van der Waals surface area contributed by atoms with Crippen LogP contribution in [-0.4, -0.2) is 6.23 Å². The van der Waals surface area contributed by atoms with Crippen LogP contribution in [0.1, 0.15) is 0 Å². The van der Waals surface area contributed by atoms with Gasteiger partial charge >= 0.3 is 0 Å². The third-order valence-corrected chi connectivity index (χ3v) is 0.941. The summed E-state index contributed by atoms with van der Waals surface area (Å²) in [6.07, 6.45) is 4.09. The fourth-order valence-corrected chi connectivity index (χ4v) is 0.526. The van der Waals surface area contributed by atoms with Crippen LogP contribution >= 0.6 is 0 Å². The fourth-order valence-electron chi connectivity index (χ4n) is 0.526. The average molecular weight is 125 g/mol. The molecule has 1 rings (SSSR count). The molecule has 0 aromatic rings. The first-order valence-electron chi connectivity index (χ1n) is 2.49. The van der Waals surface area contributed by atoms with Gasteiger partial charge in [0.2, 0.25) is 6.23 Å². The Morgan fingerprint density at radius 1 is 1.78 bits per heavy atom. The number of nitrogens with zero attached hydrogens (tertiary/aromatic N) is 1. The second-order valence-corrected chi connectivity index (χ2v) is 1.63. The second-order valence-electron chi connectivity index (χ2n) is 1.63. The van der Waals surface area contributed by atoms with Crippen LogP contribution in [0.3, 0.4) is 0 Å². The van der Waals surface area contributed by atoms with Gasteiger partial charge in [-0.15, -0.1) is 5.11 Å². The van der Waals surface area contributed by atoms with Gasteiger partial charge in [0, 0.05) is 11.8 Å². The summed E-state index contributed by atoms with van der Waals surface area (Å²) in [5.74, 6) is 0. The molecule has 0 aromatic carbocycles. The van der Waals surface area contributed by atoms with E-state index in [1.165, 1.54) is 6.26 Å². The van der Waals surface area contributed by atoms with E-state index < -0.39 is 6.23 Å². The van der Waals surface area contributed by atoms with Crippen LogP contribution in [-0.2, 0) is 4.74 Å². The fraction of sp³-hybridized carbons (Fsp3) is 0.200. The highest BCUT2D eigenvalue weighted by molar-refractivity contribution is 5.17. The van der Waals surface area contributed by atoms with Crippen molar-refractivity contribution in [1.29, 1.82) is 5.53 Å². The van der Waals surface area contributed by atoms with Crippen molar-refractivity contribution < 1.29 is 4.74 Å². The predicted octanol–water partition coefficient (Wildman–Crippen LogP) is 0.730. The number of hydrogen-bond acceptors (Lipinski definition) is 4. The zero-order valence-corrected chi connectivity index (χ0v) is 4.74. The minimum atomic E-state index is -0.519. The monoisotopic (exact) mass is 125 g/mol. The molecule has 1 unspecified atom stereocenters. The molecule has 0 fully saturated rings. The third kappa shape index (κ3) is 1.28. The molecule has 1 heterocycles. The van der Waals surface area contributed by atoms with Crippen LogP contribution in [0.25, 0.3) is 0 Å². The molecule has 4 heteroatoms. The third-order valence-electron chi connectivity index (χ3n) is 0.941. The lowest BCUT2D eigenvalue weighted by molar-refractivity contribution is 0.180. The van der Waals surface area contributed by atoms with Crippen LogP contribution in [0.5, 0.6) is 0 Å². The van der Waals surface area contributed by atoms with Gasteiger partial charge in [-0.3, -0.25) is 0 Å². The largest absolute Gasteiger partial charge is 0.471 e. The maximum atomic E-state index is 6.55. The molecule has 0 bridgehead atoms. The van der Waals surface area contributed by atoms with Gasteiger partial charge in [-0.25, -0.2) is 5.53 Å². The van der Waals surface area contributed by atoms with E-state index in [2.05, 4.69) is 5.11 Å². The molecule has 1 aliphatic rings. The van der Waals surface area contributed by atoms with Crippen molar-refractivity contribution in [1.82, 2.24) is 0 Å². The van der Waals surface area contributed by atoms with E-state index in [0.29, 0.717) is 5.70 Å². The van der Waals surface area contributed by atoms with E-state index in [1.54, 1.807) is 12.2 Å². The molecule has 48 valence electrons. The number of allylic oxidation sites excluding steroid dienone is 1. The Hall–Kier alpha value is -1.32. The minimum Gasteiger partial charge on any atom is -0.471 e. The molecule has 0 aromatic heterocycles. The zero-order valence-electron chi connectivity index (χ0n) is 4.74. The molecular formula is C5H7N3O. The van der Waals surface area contributed by atoms with E-state index in [-0.39, 0.29) is 0 Å². The Bertz CT molecular complexity index is 173. The number of ether oxygens (including phenoxy) is 1. The van der Waals surface area contributed by atoms with Crippen molar-refractivity contribution in [2.45, 2.75) is 6.23 Å². The summed E-state index contributed by atoms with van der Waals surface area (Å²) in [5, 5.41) is 3.12. The number of nitrogens with two attached hydrogens (primary N) is 1. The molecule has 0 amide bonds. The van der Waals surface area contributed by atoms with Crippen LogP contribution in [0.15, 0.2) is 29.2 Å². The molecule has 0 saturated carbocycles. The lowest BCUT2D eigenvalue weighted by Crippen LogP contribution is -2.09. The van der Waals surface area contributed by atoms with Crippen molar-refractivity contribution >= 4 is 0 Å². The van der Waals surface area contributed by atoms with Crippen molar-refractivity contribution in [3.63, 3.8) is 0 Å². The van der Waals surface area contributed by atoms with E-state index >= 15 is 0 Å². The average Bonchev–Trinajstić information content (AvgIpc) is 1.88. The van der Waals surface area contributed by atoms with E-state index in [1.807, 2.05) is 0 Å². The van der Waals surface area contributed by atoms with Gasteiger partial charge in [0.1, 0.15) is 0 Å². The van der Waals surface area contributed by atoms with Gasteiger partial charge in [0.25, 0.3) is 0 Å². The summed E-state index contributed by atoms with van der Waals surface area (Å²) < 4.78 is 4.81. The summed E-state index contributed by atoms with van der Waals surface area (Å²) in [5.41, 5.74) is 12.5. The predicted molar refractivity (Wildman–Crippen MR) is 31.4 cm³/mol. The Labute approximate surface area is 52.5 Å². The topological polar surface area (TPSA) is 71.5 Å². The minimum absolute atomic E-state index is 0.519. The second kappa shape index (κ2) is 2.30. The lowest BCUT2D eigenvalue weighted by Gasteiger charge is -2.09. The summed E-state index contributed by atoms with van der Waals surface area (Å²) in [6.45, 7) is 0. The van der Waals surface area contributed by atoms with Gasteiger partial charge in [0.15, 0.2) is 0 Å². The molecule has 0 saturated heterocycles. The molecule has 9 heavy (non-hydrogen) atoms. The number of nitrogens with one attached hydrogen (secondary N) is 1. The highest BCUT2D eigenvalue weighted by Gasteiger charge is 2.04. The highest BCUT2D eigenvalue weighted by Crippen LogP contribution is 2.05. The van der Waals surface area contributed by atoms with E-state index in [0.717, 1.165) is 0 Å². The zero-order chi connectivity index (χ0) is 6.69. The van der Waals surface area contributed by atoms with Crippen molar-refractivity contribution in [3.05, 3.63) is 24.1 Å². The van der Waals surface area contributed by atoms with Gasteiger partial charge < -0.3 is 10.5 Å². The first kappa shape index (κ1) is 5.81. The van der Waals surface area contributed by atoms with Crippen molar-refractivity contribution in [2.75, 3.05) is 0 Å². The van der Waals surface area contributed by atoms with Gasteiger partial charge in [-0.05, 0) is 6.08 Å². The van der Waals surface area contributed by atoms with Crippen LogP contribution < -0.4 is 5.73 Å². The van der Waals surface area contributed by atoms with Gasteiger partial charge in [0.05, 0.1) is 6.26 Å². The van der Waals surface area contributed by atoms with Gasteiger partial charge in [-0.1, -0.05) is 0 Å². The van der Waals surface area contributed by atoms with E-state index in [9.17, 15) is 0 Å². The number of hydrogen-bond donors (Lipinski definition) is 2. The SMILES string of the molecule is N=NC1C=C(N)C=CO1.